The monoisotopic (exact) mass is 262 g/mol. The molecule has 1 aromatic heterocycles. The average Bonchev–Trinajstić information content (AvgIpc) is 2.62. The Morgan fingerprint density at radius 2 is 2.11 bits per heavy atom. The Hall–Kier alpha value is -1.19. The lowest BCUT2D eigenvalue weighted by Crippen LogP contribution is -2.28. The number of hydrogen-bond donors (Lipinski definition) is 1. The van der Waals surface area contributed by atoms with E-state index in [-0.39, 0.29) is 5.82 Å². The van der Waals surface area contributed by atoms with Gasteiger partial charge in [0.15, 0.2) is 5.82 Å². The maximum absolute atomic E-state index is 14.6. The number of fused-ring (bicyclic) bond motifs is 6. The Bertz CT molecular complexity index is 656. The Morgan fingerprint density at radius 1 is 1.28 bits per heavy atom. The summed E-state index contributed by atoms with van der Waals surface area (Å²) >= 11 is 5.86. The zero-order chi connectivity index (χ0) is 12.3. The van der Waals surface area contributed by atoms with Crippen LogP contribution in [-0.4, -0.2) is 18.1 Å². The molecule has 4 rings (SSSR count). The smallest absolute Gasteiger partial charge is 0.153 e. The third-order valence-corrected chi connectivity index (χ3v) is 4.37. The summed E-state index contributed by atoms with van der Waals surface area (Å²) in [7, 11) is 0. The summed E-state index contributed by atoms with van der Waals surface area (Å²) in [6.07, 6.45) is 1.06. The molecule has 0 saturated carbocycles. The Morgan fingerprint density at radius 3 is 3.00 bits per heavy atom. The molecule has 1 N–H and O–H groups in total. The first-order valence-electron chi connectivity index (χ1n) is 6.23. The number of nitrogens with one attached hydrogen (secondary N) is 1. The number of aromatic nitrogens is 1. The molecular formula is C14H12ClFN2. The molecule has 4 heteroatoms. The van der Waals surface area contributed by atoms with Gasteiger partial charge in [-0.05, 0) is 41.7 Å². The van der Waals surface area contributed by atoms with Gasteiger partial charge in [-0.1, -0.05) is 11.6 Å². The molecule has 18 heavy (non-hydrogen) atoms. The van der Waals surface area contributed by atoms with Gasteiger partial charge in [0.1, 0.15) is 10.7 Å². The lowest BCUT2D eigenvalue weighted by molar-refractivity contribution is 0.448. The number of piperidine rings is 1. The molecule has 1 saturated heterocycles. The second-order valence-corrected chi connectivity index (χ2v) is 5.57. The van der Waals surface area contributed by atoms with Gasteiger partial charge in [0, 0.05) is 24.4 Å². The van der Waals surface area contributed by atoms with E-state index in [0.717, 1.165) is 30.5 Å². The van der Waals surface area contributed by atoms with Gasteiger partial charge in [-0.2, -0.15) is 0 Å². The van der Waals surface area contributed by atoms with Crippen molar-refractivity contribution in [1.29, 1.82) is 0 Å². The quantitative estimate of drug-likeness (QED) is 0.738. The molecule has 0 amide bonds. The lowest BCUT2D eigenvalue weighted by Gasteiger charge is -2.19. The van der Waals surface area contributed by atoms with Gasteiger partial charge >= 0.3 is 0 Å². The van der Waals surface area contributed by atoms with Gasteiger partial charge in [0.2, 0.25) is 0 Å². The number of benzene rings is 1. The van der Waals surface area contributed by atoms with Crippen LogP contribution in [0.25, 0.3) is 10.9 Å². The first-order valence-corrected chi connectivity index (χ1v) is 6.61. The van der Waals surface area contributed by atoms with Crippen molar-refractivity contribution in [1.82, 2.24) is 10.3 Å². The van der Waals surface area contributed by atoms with E-state index in [1.165, 1.54) is 5.56 Å². The van der Waals surface area contributed by atoms with Crippen LogP contribution in [0.4, 0.5) is 4.39 Å². The van der Waals surface area contributed by atoms with Gasteiger partial charge in [-0.3, -0.25) is 0 Å². The van der Waals surface area contributed by atoms with Crippen molar-refractivity contribution in [3.63, 3.8) is 0 Å². The fourth-order valence-electron chi connectivity index (χ4n) is 3.39. The number of pyridine rings is 1. The van der Waals surface area contributed by atoms with Crippen molar-refractivity contribution < 1.29 is 4.39 Å². The second-order valence-electron chi connectivity index (χ2n) is 5.19. The Balaban J connectivity index is 2.06. The van der Waals surface area contributed by atoms with E-state index >= 15 is 0 Å². The highest BCUT2D eigenvalue weighted by atomic mass is 35.5. The molecule has 92 valence electrons. The predicted molar refractivity (Wildman–Crippen MR) is 69.7 cm³/mol. The molecule has 1 aliphatic carbocycles. The van der Waals surface area contributed by atoms with Crippen LogP contribution in [0.15, 0.2) is 18.2 Å². The third-order valence-electron chi connectivity index (χ3n) is 4.16. The Labute approximate surface area is 109 Å². The van der Waals surface area contributed by atoms with Crippen LogP contribution < -0.4 is 5.32 Å². The fourth-order valence-corrected chi connectivity index (χ4v) is 3.54. The second kappa shape index (κ2) is 3.65. The van der Waals surface area contributed by atoms with Crippen molar-refractivity contribution in [3.8, 4) is 0 Å². The highest BCUT2D eigenvalue weighted by molar-refractivity contribution is 6.29. The lowest BCUT2D eigenvalue weighted by atomic mass is 9.98. The van der Waals surface area contributed by atoms with Crippen LogP contribution >= 0.6 is 11.6 Å². The molecular weight excluding hydrogens is 251 g/mol. The molecule has 2 nitrogen and oxygen atoms in total. The molecule has 2 aromatic rings. The minimum atomic E-state index is -0.166. The number of hydrogen-bond acceptors (Lipinski definition) is 2. The first kappa shape index (κ1) is 10.7. The summed E-state index contributed by atoms with van der Waals surface area (Å²) in [6.45, 7) is 1.82. The number of nitrogens with zero attached hydrogens (tertiary/aromatic N) is 1. The van der Waals surface area contributed by atoms with Crippen molar-refractivity contribution in [3.05, 3.63) is 40.3 Å². The molecule has 2 atom stereocenters. The van der Waals surface area contributed by atoms with E-state index in [2.05, 4.69) is 16.4 Å². The van der Waals surface area contributed by atoms with Crippen molar-refractivity contribution in [2.24, 2.45) is 0 Å². The predicted octanol–water partition coefficient (Wildman–Crippen LogP) is 3.20. The standard InChI is InChI=1S/C14H12ClFN2/c15-11-2-1-7-4-10-8-3-9(6-17-5-8)12(10)13(16)14(7)18-11/h1-2,4,8-9,17H,3,5-6H2. The first-order chi connectivity index (χ1) is 8.74. The number of halogens is 2. The summed E-state index contributed by atoms with van der Waals surface area (Å²) in [6, 6.07) is 5.66. The van der Waals surface area contributed by atoms with Crippen LogP contribution in [0.5, 0.6) is 0 Å². The largest absolute Gasteiger partial charge is 0.316 e. The minimum Gasteiger partial charge on any atom is -0.316 e. The van der Waals surface area contributed by atoms with Crippen LogP contribution in [-0.2, 0) is 0 Å². The molecule has 1 aliphatic heterocycles. The molecule has 2 aliphatic rings. The van der Waals surface area contributed by atoms with Crippen LogP contribution in [0.2, 0.25) is 5.15 Å². The van der Waals surface area contributed by atoms with E-state index in [4.69, 9.17) is 11.6 Å². The zero-order valence-corrected chi connectivity index (χ0v) is 10.5. The van der Waals surface area contributed by atoms with E-state index in [1.54, 1.807) is 6.07 Å². The van der Waals surface area contributed by atoms with Crippen molar-refractivity contribution in [2.45, 2.75) is 18.3 Å². The topological polar surface area (TPSA) is 24.9 Å². The maximum Gasteiger partial charge on any atom is 0.153 e. The van der Waals surface area contributed by atoms with Crippen LogP contribution in [0, 0.1) is 5.82 Å². The van der Waals surface area contributed by atoms with E-state index in [1.807, 2.05) is 6.07 Å². The summed E-state index contributed by atoms with van der Waals surface area (Å²) in [5.74, 6) is 0.582. The van der Waals surface area contributed by atoms with Crippen LogP contribution in [0.1, 0.15) is 29.4 Å². The molecule has 1 fully saturated rings. The summed E-state index contributed by atoms with van der Waals surface area (Å²) in [5.41, 5.74) is 2.44. The molecule has 2 heterocycles. The van der Waals surface area contributed by atoms with Gasteiger partial charge in [0.25, 0.3) is 0 Å². The molecule has 0 spiro atoms. The molecule has 0 radical (unpaired) electrons. The Kier molecular flexibility index (Phi) is 2.17. The number of rotatable bonds is 0. The summed E-state index contributed by atoms with van der Waals surface area (Å²) in [5, 5.41) is 4.57. The maximum atomic E-state index is 14.6. The van der Waals surface area contributed by atoms with Crippen molar-refractivity contribution >= 4 is 22.5 Å². The fraction of sp³-hybridized carbons (Fsp3) is 0.357. The molecule has 2 bridgehead atoms. The van der Waals surface area contributed by atoms with Gasteiger partial charge in [-0.25, -0.2) is 9.37 Å². The summed E-state index contributed by atoms with van der Waals surface area (Å²) < 4.78 is 14.6. The summed E-state index contributed by atoms with van der Waals surface area (Å²) in [4.78, 5) is 4.14. The molecule has 2 unspecified atom stereocenters. The molecule has 1 aromatic carbocycles. The highest BCUT2D eigenvalue weighted by Gasteiger charge is 2.37. The van der Waals surface area contributed by atoms with Crippen molar-refractivity contribution in [2.75, 3.05) is 13.1 Å². The zero-order valence-electron chi connectivity index (χ0n) is 9.71. The minimum absolute atomic E-state index is 0.166. The van der Waals surface area contributed by atoms with E-state index < -0.39 is 0 Å². The van der Waals surface area contributed by atoms with Gasteiger partial charge in [-0.15, -0.1) is 0 Å². The highest BCUT2D eigenvalue weighted by Crippen LogP contribution is 2.46. The van der Waals surface area contributed by atoms with Gasteiger partial charge < -0.3 is 5.32 Å². The average molecular weight is 263 g/mol. The van der Waals surface area contributed by atoms with Crippen LogP contribution in [0.3, 0.4) is 0 Å². The van der Waals surface area contributed by atoms with Gasteiger partial charge in [0.05, 0.1) is 0 Å². The SMILES string of the molecule is Fc1c2c(cc3ccc(Cl)nc13)C1CNCC2C1. The third kappa shape index (κ3) is 1.35. The van der Waals surface area contributed by atoms with E-state index in [0.29, 0.717) is 22.5 Å². The van der Waals surface area contributed by atoms with E-state index in [9.17, 15) is 4.39 Å². The normalized spacial score (nSPS) is 25.4.